The third-order valence-electron chi connectivity index (χ3n) is 8.65. The second-order valence-corrected chi connectivity index (χ2v) is 11.3. The van der Waals surface area contributed by atoms with Gasteiger partial charge in [-0.05, 0) is 56.4 Å². The Bertz CT molecular complexity index is 1980. The molecule has 5 aromatic rings. The van der Waals surface area contributed by atoms with E-state index >= 15 is 0 Å². The van der Waals surface area contributed by atoms with Crippen molar-refractivity contribution in [2.45, 2.75) is 18.4 Å². The molecule has 212 valence electrons. The van der Waals surface area contributed by atoms with Gasteiger partial charge in [-0.3, -0.25) is 5.32 Å². The molecular weight excluding hydrogens is 536 g/mol. The zero-order chi connectivity index (χ0) is 29.3. The highest BCUT2D eigenvalue weighted by molar-refractivity contribution is 6.00. The Morgan fingerprint density at radius 1 is 0.614 bits per heavy atom. The molecule has 8 rings (SSSR count). The molecule has 2 aliphatic heterocycles. The van der Waals surface area contributed by atoms with E-state index in [0.717, 1.165) is 17.0 Å². The second-order valence-electron chi connectivity index (χ2n) is 11.3. The molecule has 0 saturated heterocycles. The summed E-state index contributed by atoms with van der Waals surface area (Å²) in [7, 11) is 0. The van der Waals surface area contributed by atoms with Crippen LogP contribution in [0.4, 0.5) is 0 Å². The Labute approximate surface area is 257 Å². The monoisotopic (exact) mass is 568 g/mol. The quantitative estimate of drug-likeness (QED) is 0.200. The van der Waals surface area contributed by atoms with E-state index in [1.165, 1.54) is 44.2 Å². The summed E-state index contributed by atoms with van der Waals surface area (Å²) in [4.78, 5) is 5.14. The Hall–Kier alpha value is -5.45. The Balaban J connectivity index is 1.24. The van der Waals surface area contributed by atoms with E-state index in [1.807, 2.05) is 12.1 Å². The van der Waals surface area contributed by atoms with Gasteiger partial charge in [-0.1, -0.05) is 146 Å². The molecule has 0 fully saturated rings. The molecule has 0 aromatic heterocycles. The second kappa shape index (κ2) is 11.3. The summed E-state index contributed by atoms with van der Waals surface area (Å²) >= 11 is 0. The van der Waals surface area contributed by atoms with E-state index in [0.29, 0.717) is 0 Å². The number of nitrogens with zero attached hydrogens (tertiary/aromatic N) is 1. The van der Waals surface area contributed by atoms with Gasteiger partial charge in [0.2, 0.25) is 0 Å². The summed E-state index contributed by atoms with van der Waals surface area (Å²) in [6.45, 7) is 0. The molecule has 0 spiro atoms. The van der Waals surface area contributed by atoms with Gasteiger partial charge < -0.3 is 10.6 Å². The lowest BCUT2D eigenvalue weighted by Gasteiger charge is -2.34. The van der Waals surface area contributed by atoms with E-state index in [2.05, 4.69) is 162 Å². The van der Waals surface area contributed by atoms with Crippen LogP contribution in [0.15, 0.2) is 168 Å². The normalized spacial score (nSPS) is 20.5. The first kappa shape index (κ1) is 26.2. The molecule has 3 atom stereocenters. The van der Waals surface area contributed by atoms with Crippen molar-refractivity contribution in [3.05, 3.63) is 186 Å². The van der Waals surface area contributed by atoms with E-state index in [9.17, 15) is 0 Å². The van der Waals surface area contributed by atoms with Gasteiger partial charge in [0, 0.05) is 11.1 Å². The van der Waals surface area contributed by atoms with Crippen molar-refractivity contribution in [3.63, 3.8) is 0 Å². The number of fused-ring (bicyclic) bond motifs is 2. The molecule has 1 aliphatic carbocycles. The molecular formula is C40H32N4. The highest BCUT2D eigenvalue weighted by atomic mass is 15.3. The minimum Gasteiger partial charge on any atom is -0.381 e. The summed E-state index contributed by atoms with van der Waals surface area (Å²) in [5.74, 6) is 0.882. The van der Waals surface area contributed by atoms with E-state index in [4.69, 9.17) is 4.99 Å². The number of benzene rings is 5. The van der Waals surface area contributed by atoms with Crippen LogP contribution >= 0.6 is 0 Å². The summed E-state index contributed by atoms with van der Waals surface area (Å²) in [6.07, 6.45) is 12.5. The lowest BCUT2D eigenvalue weighted by Crippen LogP contribution is -2.45. The molecule has 3 unspecified atom stereocenters. The van der Waals surface area contributed by atoms with Crippen LogP contribution < -0.4 is 16.0 Å². The molecule has 44 heavy (non-hydrogen) atoms. The van der Waals surface area contributed by atoms with E-state index < -0.39 is 0 Å². The van der Waals surface area contributed by atoms with Gasteiger partial charge in [0.15, 0.2) is 0 Å². The minimum atomic E-state index is -0.197. The third-order valence-corrected chi connectivity index (χ3v) is 8.65. The maximum Gasteiger partial charge on any atom is 0.131 e. The van der Waals surface area contributed by atoms with Crippen LogP contribution in [-0.2, 0) is 0 Å². The van der Waals surface area contributed by atoms with Crippen LogP contribution in [0.3, 0.4) is 0 Å². The number of rotatable bonds is 5. The lowest BCUT2D eigenvalue weighted by molar-refractivity contribution is 0.411. The molecule has 0 amide bonds. The first-order valence-electron chi connectivity index (χ1n) is 15.2. The van der Waals surface area contributed by atoms with Crippen LogP contribution in [0.2, 0.25) is 0 Å². The zero-order valence-corrected chi connectivity index (χ0v) is 24.2. The molecule has 3 N–H and O–H groups in total. The molecule has 2 heterocycles. The fraction of sp³-hybridized carbons (Fsp3) is 0.0750. The topological polar surface area (TPSA) is 48.5 Å². The fourth-order valence-corrected chi connectivity index (χ4v) is 6.48. The van der Waals surface area contributed by atoms with E-state index in [1.54, 1.807) is 0 Å². The highest BCUT2D eigenvalue weighted by Crippen LogP contribution is 2.38. The first-order chi connectivity index (χ1) is 21.8. The maximum atomic E-state index is 5.14. The summed E-state index contributed by atoms with van der Waals surface area (Å²) in [5.41, 5.74) is 9.55. The fourth-order valence-electron chi connectivity index (χ4n) is 6.48. The lowest BCUT2D eigenvalue weighted by atomic mass is 9.88. The summed E-state index contributed by atoms with van der Waals surface area (Å²) in [6, 6.07) is 43.3. The summed E-state index contributed by atoms with van der Waals surface area (Å²) in [5, 5.41) is 13.5. The number of dihydropyridines is 1. The molecule has 4 nitrogen and oxygen atoms in total. The van der Waals surface area contributed by atoms with Gasteiger partial charge >= 0.3 is 0 Å². The standard InChI is InChI=1S/C40H32N4/c1-3-12-30(13-4-1)38-42-39(31-14-5-2-6-15-31)44-40(43-38)37-33-16-8-7-11-27(33)23-24-34(37)29-21-19-28(20-22-29)32-25-26-41-36-18-10-9-17-35(32)36/h1-26,36,38,40-41,43H,(H,42,44). The van der Waals surface area contributed by atoms with Crippen molar-refractivity contribution in [3.8, 4) is 11.1 Å². The van der Waals surface area contributed by atoms with Crippen molar-refractivity contribution in [2.24, 2.45) is 4.99 Å². The number of aliphatic imine (C=N–C) groups is 1. The SMILES string of the molecule is C1=CC2=C(c3ccc(-c4ccc5ccccc5c4C4NC(c5ccccc5)=NC(c5ccccc5)N4)cc3)C=CNC2C=C1. The minimum absolute atomic E-state index is 0.175. The number of allylic oxidation sites excluding steroid dienone is 4. The van der Waals surface area contributed by atoms with Crippen molar-refractivity contribution in [2.75, 3.05) is 0 Å². The Morgan fingerprint density at radius 2 is 1.36 bits per heavy atom. The predicted octanol–water partition coefficient (Wildman–Crippen LogP) is 8.21. The molecule has 0 bridgehead atoms. The van der Waals surface area contributed by atoms with Crippen LogP contribution in [0.25, 0.3) is 27.5 Å². The Morgan fingerprint density at radius 3 is 2.20 bits per heavy atom. The largest absolute Gasteiger partial charge is 0.381 e. The molecule has 4 heteroatoms. The molecule has 5 aromatic carbocycles. The molecule has 0 saturated carbocycles. The average molecular weight is 569 g/mol. The van der Waals surface area contributed by atoms with Gasteiger partial charge in [0.25, 0.3) is 0 Å². The number of hydrogen-bond donors (Lipinski definition) is 3. The molecule has 0 radical (unpaired) electrons. The van der Waals surface area contributed by atoms with Gasteiger partial charge in [-0.25, -0.2) is 4.99 Å². The van der Waals surface area contributed by atoms with Crippen LogP contribution in [0, 0.1) is 0 Å². The van der Waals surface area contributed by atoms with Gasteiger partial charge in [-0.2, -0.15) is 0 Å². The Kier molecular flexibility index (Phi) is 6.74. The number of amidine groups is 1. The number of hydrogen-bond acceptors (Lipinski definition) is 4. The van der Waals surface area contributed by atoms with Crippen LogP contribution in [0.5, 0.6) is 0 Å². The zero-order valence-electron chi connectivity index (χ0n) is 24.2. The van der Waals surface area contributed by atoms with Gasteiger partial charge in [0.05, 0.1) is 6.04 Å². The number of nitrogens with one attached hydrogen (secondary N) is 3. The van der Waals surface area contributed by atoms with Gasteiger partial charge in [0.1, 0.15) is 18.2 Å². The average Bonchev–Trinajstić information content (AvgIpc) is 3.11. The van der Waals surface area contributed by atoms with Gasteiger partial charge in [-0.15, -0.1) is 0 Å². The van der Waals surface area contributed by atoms with Crippen molar-refractivity contribution >= 4 is 22.2 Å². The third kappa shape index (κ3) is 4.85. The summed E-state index contributed by atoms with van der Waals surface area (Å²) < 4.78 is 0. The van der Waals surface area contributed by atoms with Crippen LogP contribution in [-0.4, -0.2) is 11.9 Å². The van der Waals surface area contributed by atoms with Crippen molar-refractivity contribution in [1.82, 2.24) is 16.0 Å². The maximum absolute atomic E-state index is 5.14. The smallest absolute Gasteiger partial charge is 0.131 e. The predicted molar refractivity (Wildman–Crippen MR) is 182 cm³/mol. The highest BCUT2D eigenvalue weighted by Gasteiger charge is 2.28. The van der Waals surface area contributed by atoms with Crippen LogP contribution in [0.1, 0.15) is 34.6 Å². The van der Waals surface area contributed by atoms with Crippen molar-refractivity contribution < 1.29 is 0 Å². The first-order valence-corrected chi connectivity index (χ1v) is 15.2. The van der Waals surface area contributed by atoms with Crippen molar-refractivity contribution in [1.29, 1.82) is 0 Å². The van der Waals surface area contributed by atoms with E-state index in [-0.39, 0.29) is 18.4 Å². The molecule has 3 aliphatic rings.